The van der Waals surface area contributed by atoms with Gasteiger partial charge in [-0.05, 0) is 43.4 Å². The van der Waals surface area contributed by atoms with Crippen LogP contribution in [0.15, 0.2) is 73.1 Å². The maximum atomic E-state index is 15.7. The first kappa shape index (κ1) is 25.7. The molecular weight excluding hydrogens is 483 g/mol. The van der Waals surface area contributed by atoms with Gasteiger partial charge in [0.05, 0.1) is 11.9 Å². The van der Waals surface area contributed by atoms with E-state index in [0.29, 0.717) is 25.3 Å². The molecule has 1 aliphatic rings. The molecule has 0 aliphatic heterocycles. The van der Waals surface area contributed by atoms with E-state index in [1.54, 1.807) is 22.7 Å². The summed E-state index contributed by atoms with van der Waals surface area (Å²) in [5, 5.41) is 15.2. The lowest BCUT2D eigenvalue weighted by Crippen LogP contribution is -2.40. The van der Waals surface area contributed by atoms with Gasteiger partial charge >= 0.3 is 6.03 Å². The number of hydrogen-bond donors (Lipinski definition) is 2. The molecule has 2 N–H and O–H groups in total. The number of halogens is 1. The summed E-state index contributed by atoms with van der Waals surface area (Å²) in [6.45, 7) is 2.41. The molecule has 1 fully saturated rings. The van der Waals surface area contributed by atoms with Crippen LogP contribution in [-0.2, 0) is 11.8 Å². The van der Waals surface area contributed by atoms with Crippen molar-refractivity contribution in [1.82, 2.24) is 24.9 Å². The van der Waals surface area contributed by atoms with Crippen molar-refractivity contribution in [2.24, 2.45) is 13.0 Å². The highest BCUT2D eigenvalue weighted by molar-refractivity contribution is 5.91. The number of urea groups is 1. The molecular formula is C29H33FN6O2. The van der Waals surface area contributed by atoms with Crippen LogP contribution in [0, 0.1) is 12.8 Å². The Morgan fingerprint density at radius 1 is 1.13 bits per heavy atom. The molecule has 8 nitrogen and oxygen atoms in total. The highest BCUT2D eigenvalue weighted by atomic mass is 19.1. The number of methoxy groups -OCH3 is 1. The molecule has 2 heterocycles. The smallest absolute Gasteiger partial charge is 0.320 e. The summed E-state index contributed by atoms with van der Waals surface area (Å²) in [4.78, 5) is 13.4. The van der Waals surface area contributed by atoms with Gasteiger partial charge in [-0.25, -0.2) is 13.9 Å². The quantitative estimate of drug-likeness (QED) is 0.335. The van der Waals surface area contributed by atoms with Crippen molar-refractivity contribution in [3.8, 4) is 16.9 Å². The van der Waals surface area contributed by atoms with Gasteiger partial charge in [0.15, 0.2) is 0 Å². The Morgan fingerprint density at radius 2 is 1.84 bits per heavy atom. The number of nitrogens with zero attached hydrogens (tertiary/aromatic N) is 4. The van der Waals surface area contributed by atoms with Crippen molar-refractivity contribution in [2.75, 3.05) is 19.0 Å². The number of alkyl halides is 1. The minimum Gasteiger partial charge on any atom is -0.385 e. The predicted molar refractivity (Wildman–Crippen MR) is 145 cm³/mol. The molecule has 0 radical (unpaired) electrons. The van der Waals surface area contributed by atoms with Crippen LogP contribution >= 0.6 is 0 Å². The molecule has 0 saturated heterocycles. The second-order valence-electron chi connectivity index (χ2n) is 9.84. The van der Waals surface area contributed by atoms with Crippen LogP contribution in [0.3, 0.4) is 0 Å². The molecule has 2 amide bonds. The minimum atomic E-state index is -1.08. The highest BCUT2D eigenvalue weighted by Crippen LogP contribution is 2.42. The third kappa shape index (κ3) is 5.19. The lowest BCUT2D eigenvalue weighted by molar-refractivity contribution is 0.150. The Kier molecular flexibility index (Phi) is 7.55. The number of benzene rings is 2. The molecule has 1 saturated carbocycles. The summed E-state index contributed by atoms with van der Waals surface area (Å²) in [7, 11) is 3.47. The van der Waals surface area contributed by atoms with Crippen LogP contribution in [0.1, 0.15) is 29.9 Å². The summed E-state index contributed by atoms with van der Waals surface area (Å²) < 4.78 is 24.3. The SMILES string of the molecule is COCC[C@@H]1C[C@@H](NC(=O)Nc2c(C)c(-c3cnn(C)c3)nn2-c2ccccc2)[C@H](c2ccccc2)[C@@H]1F. The number of carbonyl (C=O) groups is 1. The van der Waals surface area contributed by atoms with Crippen LogP contribution in [0.25, 0.3) is 16.9 Å². The third-order valence-corrected chi connectivity index (χ3v) is 7.31. The number of aryl methyl sites for hydroxylation is 1. The van der Waals surface area contributed by atoms with Crippen molar-refractivity contribution in [3.63, 3.8) is 0 Å². The molecule has 198 valence electrons. The Labute approximate surface area is 221 Å². The number of para-hydroxylation sites is 1. The Balaban J connectivity index is 1.43. The van der Waals surface area contributed by atoms with Gasteiger partial charge in [0, 0.05) is 50.0 Å². The molecule has 0 bridgehead atoms. The Morgan fingerprint density at radius 3 is 2.50 bits per heavy atom. The van der Waals surface area contributed by atoms with E-state index in [1.165, 1.54) is 0 Å². The zero-order valence-electron chi connectivity index (χ0n) is 21.8. The predicted octanol–water partition coefficient (Wildman–Crippen LogP) is 5.25. The largest absolute Gasteiger partial charge is 0.385 e. The fourth-order valence-corrected chi connectivity index (χ4v) is 5.43. The van der Waals surface area contributed by atoms with E-state index in [4.69, 9.17) is 9.84 Å². The van der Waals surface area contributed by atoms with Gasteiger partial charge < -0.3 is 10.1 Å². The molecule has 38 heavy (non-hydrogen) atoms. The van der Waals surface area contributed by atoms with Crippen LogP contribution in [0.4, 0.5) is 15.0 Å². The fourth-order valence-electron chi connectivity index (χ4n) is 5.43. The number of aromatic nitrogens is 4. The lowest BCUT2D eigenvalue weighted by atomic mass is 9.91. The topological polar surface area (TPSA) is 86.0 Å². The monoisotopic (exact) mass is 516 g/mol. The molecule has 1 aliphatic carbocycles. The highest BCUT2D eigenvalue weighted by Gasteiger charge is 2.45. The van der Waals surface area contributed by atoms with Crippen molar-refractivity contribution >= 4 is 11.8 Å². The number of ether oxygens (including phenoxy) is 1. The average molecular weight is 517 g/mol. The summed E-state index contributed by atoms with van der Waals surface area (Å²) in [6, 6.07) is 18.5. The number of amides is 2. The van der Waals surface area contributed by atoms with E-state index in [2.05, 4.69) is 15.7 Å². The van der Waals surface area contributed by atoms with E-state index in [1.807, 2.05) is 80.8 Å². The van der Waals surface area contributed by atoms with Crippen molar-refractivity contribution in [1.29, 1.82) is 0 Å². The van der Waals surface area contributed by atoms with Crippen LogP contribution < -0.4 is 10.6 Å². The summed E-state index contributed by atoms with van der Waals surface area (Å²) in [5.41, 5.74) is 4.08. The van der Waals surface area contributed by atoms with E-state index in [0.717, 1.165) is 28.1 Å². The number of hydrogen-bond acceptors (Lipinski definition) is 4. The Hall–Kier alpha value is -3.98. The molecule has 2 aromatic heterocycles. The first-order valence-electron chi connectivity index (χ1n) is 12.9. The minimum absolute atomic E-state index is 0.195. The van der Waals surface area contributed by atoms with Gasteiger partial charge in [0.1, 0.15) is 17.7 Å². The summed E-state index contributed by atoms with van der Waals surface area (Å²) >= 11 is 0. The summed E-state index contributed by atoms with van der Waals surface area (Å²) in [6.07, 6.45) is 3.70. The molecule has 2 aromatic carbocycles. The van der Waals surface area contributed by atoms with Crippen molar-refractivity contribution in [2.45, 2.75) is 37.9 Å². The second-order valence-corrected chi connectivity index (χ2v) is 9.84. The van der Waals surface area contributed by atoms with Crippen LogP contribution in [-0.4, -0.2) is 51.5 Å². The van der Waals surface area contributed by atoms with Gasteiger partial charge in [0.2, 0.25) is 0 Å². The average Bonchev–Trinajstić information content (AvgIpc) is 3.59. The molecule has 5 rings (SSSR count). The first-order valence-corrected chi connectivity index (χ1v) is 12.9. The molecule has 4 atom stereocenters. The van der Waals surface area contributed by atoms with Crippen molar-refractivity contribution < 1.29 is 13.9 Å². The van der Waals surface area contributed by atoms with E-state index >= 15 is 4.39 Å². The number of nitrogens with one attached hydrogen (secondary N) is 2. The number of rotatable bonds is 8. The maximum absolute atomic E-state index is 15.7. The van der Waals surface area contributed by atoms with Crippen LogP contribution in [0.2, 0.25) is 0 Å². The van der Waals surface area contributed by atoms with Crippen LogP contribution in [0.5, 0.6) is 0 Å². The van der Waals surface area contributed by atoms with E-state index < -0.39 is 18.1 Å². The fraction of sp³-hybridized carbons (Fsp3) is 0.345. The zero-order chi connectivity index (χ0) is 26.6. The van der Waals surface area contributed by atoms with Gasteiger partial charge in [-0.3, -0.25) is 10.00 Å². The van der Waals surface area contributed by atoms with Gasteiger partial charge in [-0.1, -0.05) is 48.5 Å². The number of carbonyl (C=O) groups excluding carboxylic acids is 1. The summed E-state index contributed by atoms with van der Waals surface area (Å²) in [5.74, 6) is -0.0799. The zero-order valence-corrected chi connectivity index (χ0v) is 21.8. The van der Waals surface area contributed by atoms with Gasteiger partial charge in [-0.15, -0.1) is 0 Å². The standard InChI is InChI=1S/C29H33FN6O2/c1-19-27(22-17-31-35(2)18-22)34-36(23-12-8-5-9-13-23)28(19)33-29(37)32-24-16-21(14-15-38-3)26(30)25(24)20-10-6-4-7-11-20/h4-13,17-18,21,24-26H,14-16H2,1-3H3,(H2,32,33,37)/t21-,24-,25+,26-/m1/s1. The Bertz CT molecular complexity index is 1370. The van der Waals surface area contributed by atoms with Gasteiger partial charge in [0.25, 0.3) is 0 Å². The molecule has 0 spiro atoms. The molecule has 4 aromatic rings. The molecule has 9 heteroatoms. The lowest BCUT2D eigenvalue weighted by Gasteiger charge is -2.23. The number of anilines is 1. The van der Waals surface area contributed by atoms with Gasteiger partial charge in [-0.2, -0.15) is 10.2 Å². The van der Waals surface area contributed by atoms with Crippen molar-refractivity contribution in [3.05, 3.63) is 84.2 Å². The first-order chi connectivity index (χ1) is 18.5. The van der Waals surface area contributed by atoms with E-state index in [9.17, 15) is 4.79 Å². The van der Waals surface area contributed by atoms with E-state index in [-0.39, 0.29) is 12.0 Å². The second kappa shape index (κ2) is 11.2. The third-order valence-electron chi connectivity index (χ3n) is 7.31. The molecule has 0 unspecified atom stereocenters. The maximum Gasteiger partial charge on any atom is 0.320 e. The normalized spacial score (nSPS) is 20.9.